The van der Waals surface area contributed by atoms with Gasteiger partial charge in [0.25, 0.3) is 0 Å². The van der Waals surface area contributed by atoms with E-state index >= 15 is 0 Å². The molecule has 0 saturated heterocycles. The van der Waals surface area contributed by atoms with E-state index in [0.717, 1.165) is 25.2 Å². The number of hydrogen-bond donors (Lipinski definition) is 2. The number of aromatic carboxylic acids is 1. The molecular weight excluding hydrogens is 284 g/mol. The van der Waals surface area contributed by atoms with E-state index in [-0.39, 0.29) is 10.6 Å². The first-order valence-electron chi connectivity index (χ1n) is 5.16. The molecule has 0 heterocycles. The molecule has 1 rings (SSSR count). The van der Waals surface area contributed by atoms with Gasteiger partial charge in [0.05, 0.1) is 11.3 Å². The number of rotatable bonds is 4. The van der Waals surface area contributed by atoms with Crippen molar-refractivity contribution in [2.45, 2.75) is 12.3 Å². The minimum absolute atomic E-state index is 0.0209. The highest BCUT2D eigenvalue weighted by molar-refractivity contribution is 6.04. The summed E-state index contributed by atoms with van der Waals surface area (Å²) in [5.41, 5.74) is 4.35. The molecule has 0 aromatic heterocycles. The number of carbonyl (C=O) groups is 2. The quantitative estimate of drug-likeness (QED) is 0.655. The molecule has 0 spiro atoms. The molecule has 0 saturated carbocycles. The number of nitrogens with two attached hydrogens (primary N) is 1. The lowest BCUT2D eigenvalue weighted by atomic mass is 10.1. The highest BCUT2D eigenvalue weighted by atomic mass is 19.3. The number of amides is 1. The number of hydrogen-bond acceptors (Lipinski definition) is 3. The summed E-state index contributed by atoms with van der Waals surface area (Å²) in [6, 6.07) is 3.08. The SMILES string of the molecule is CN(C(=O)C(F)(F)C(F)F)c1ccc(N)cc1C(=O)O. The molecule has 1 aromatic carbocycles. The topological polar surface area (TPSA) is 83.6 Å². The number of carbonyl (C=O) groups excluding carboxylic acids is 1. The molecule has 0 unspecified atom stereocenters. The molecule has 0 aliphatic heterocycles. The summed E-state index contributed by atoms with van der Waals surface area (Å²) in [5, 5.41) is 8.90. The standard InChI is InChI=1S/C11H10F4N2O3/c1-17(10(20)11(14,15)9(12)13)7-3-2-5(16)4-6(7)8(18)19/h2-4,9H,16H2,1H3,(H,18,19). The molecule has 3 N–H and O–H groups in total. The number of halogens is 4. The number of nitrogen functional groups attached to an aromatic ring is 1. The maximum Gasteiger partial charge on any atom is 0.384 e. The molecule has 9 heteroatoms. The van der Waals surface area contributed by atoms with E-state index in [0.29, 0.717) is 0 Å². The minimum Gasteiger partial charge on any atom is -0.478 e. The first kappa shape index (κ1) is 15.7. The van der Waals surface area contributed by atoms with Crippen LogP contribution in [0.2, 0.25) is 0 Å². The molecule has 110 valence electrons. The Morgan fingerprint density at radius 3 is 2.35 bits per heavy atom. The van der Waals surface area contributed by atoms with Crippen LogP contribution in [-0.4, -0.2) is 36.4 Å². The fourth-order valence-corrected chi connectivity index (χ4v) is 1.44. The predicted molar refractivity (Wildman–Crippen MR) is 62.2 cm³/mol. The first-order chi connectivity index (χ1) is 9.09. The smallest absolute Gasteiger partial charge is 0.384 e. The van der Waals surface area contributed by atoms with Crippen LogP contribution in [-0.2, 0) is 4.79 Å². The van der Waals surface area contributed by atoms with E-state index in [1.165, 1.54) is 0 Å². The number of carboxylic acid groups (broad SMARTS) is 1. The average Bonchev–Trinajstić information content (AvgIpc) is 2.36. The van der Waals surface area contributed by atoms with Crippen LogP contribution in [0.1, 0.15) is 10.4 Å². The van der Waals surface area contributed by atoms with Crippen molar-refractivity contribution in [3.8, 4) is 0 Å². The van der Waals surface area contributed by atoms with E-state index in [4.69, 9.17) is 10.8 Å². The summed E-state index contributed by atoms with van der Waals surface area (Å²) >= 11 is 0. The van der Waals surface area contributed by atoms with E-state index in [1.807, 2.05) is 0 Å². The molecule has 1 aromatic rings. The Morgan fingerprint density at radius 2 is 1.90 bits per heavy atom. The third-order valence-corrected chi connectivity index (χ3v) is 2.48. The van der Waals surface area contributed by atoms with Crippen LogP contribution in [0.25, 0.3) is 0 Å². The van der Waals surface area contributed by atoms with Crippen LogP contribution >= 0.6 is 0 Å². The predicted octanol–water partition coefficient (Wildman–Crippen LogP) is 1.83. The zero-order chi connectivity index (χ0) is 15.7. The third kappa shape index (κ3) is 2.81. The molecule has 20 heavy (non-hydrogen) atoms. The second-order valence-corrected chi connectivity index (χ2v) is 3.87. The van der Waals surface area contributed by atoms with Crippen LogP contribution in [0.15, 0.2) is 18.2 Å². The molecule has 0 atom stereocenters. The van der Waals surface area contributed by atoms with Crippen LogP contribution < -0.4 is 10.6 Å². The molecule has 0 aliphatic rings. The molecule has 0 bridgehead atoms. The van der Waals surface area contributed by atoms with Gasteiger partial charge >= 0.3 is 24.2 Å². The fourth-order valence-electron chi connectivity index (χ4n) is 1.44. The number of carboxylic acids is 1. The molecule has 0 radical (unpaired) electrons. The monoisotopic (exact) mass is 294 g/mol. The summed E-state index contributed by atoms with van der Waals surface area (Å²) in [6.07, 6.45) is -4.19. The lowest BCUT2D eigenvalue weighted by Gasteiger charge is -2.24. The summed E-state index contributed by atoms with van der Waals surface area (Å²) < 4.78 is 50.2. The number of alkyl halides is 4. The Labute approximate surface area is 110 Å². The van der Waals surface area contributed by atoms with Crippen molar-refractivity contribution in [2.75, 3.05) is 17.7 Å². The maximum absolute atomic E-state index is 13.0. The Balaban J connectivity index is 3.25. The van der Waals surface area contributed by atoms with E-state index in [9.17, 15) is 27.2 Å². The van der Waals surface area contributed by atoms with Gasteiger partial charge in [-0.15, -0.1) is 0 Å². The molecule has 0 fully saturated rings. The van der Waals surface area contributed by atoms with Crippen molar-refractivity contribution in [1.82, 2.24) is 0 Å². The van der Waals surface area contributed by atoms with E-state index in [2.05, 4.69) is 0 Å². The zero-order valence-electron chi connectivity index (χ0n) is 10.1. The van der Waals surface area contributed by atoms with Crippen molar-refractivity contribution in [1.29, 1.82) is 0 Å². The van der Waals surface area contributed by atoms with Gasteiger partial charge in [-0.1, -0.05) is 0 Å². The zero-order valence-corrected chi connectivity index (χ0v) is 10.1. The van der Waals surface area contributed by atoms with E-state index < -0.39 is 35.5 Å². The highest BCUT2D eigenvalue weighted by Crippen LogP contribution is 2.29. The van der Waals surface area contributed by atoms with Gasteiger partial charge < -0.3 is 15.7 Å². The Kier molecular flexibility index (Phi) is 4.21. The second kappa shape index (κ2) is 5.35. The summed E-state index contributed by atoms with van der Waals surface area (Å²) in [6.45, 7) is 0. The lowest BCUT2D eigenvalue weighted by Crippen LogP contribution is -2.46. The van der Waals surface area contributed by atoms with Crippen molar-refractivity contribution < 1.29 is 32.3 Å². The van der Waals surface area contributed by atoms with Crippen LogP contribution in [0.3, 0.4) is 0 Å². The van der Waals surface area contributed by atoms with Crippen molar-refractivity contribution in [3.63, 3.8) is 0 Å². The Morgan fingerprint density at radius 1 is 1.35 bits per heavy atom. The Hall–Kier alpha value is -2.32. The van der Waals surface area contributed by atoms with Crippen molar-refractivity contribution >= 4 is 23.3 Å². The van der Waals surface area contributed by atoms with E-state index in [1.54, 1.807) is 0 Å². The number of benzene rings is 1. The summed E-state index contributed by atoms with van der Waals surface area (Å²) in [5.74, 6) is -8.65. The second-order valence-electron chi connectivity index (χ2n) is 3.87. The van der Waals surface area contributed by atoms with Gasteiger partial charge in [-0.2, -0.15) is 8.78 Å². The fraction of sp³-hybridized carbons (Fsp3) is 0.273. The van der Waals surface area contributed by atoms with Gasteiger partial charge in [-0.05, 0) is 18.2 Å². The minimum atomic E-state index is -4.91. The number of nitrogens with zero attached hydrogens (tertiary/aromatic N) is 1. The third-order valence-electron chi connectivity index (χ3n) is 2.48. The van der Waals surface area contributed by atoms with Gasteiger partial charge in [0.1, 0.15) is 0 Å². The Bertz CT molecular complexity index is 548. The molecule has 0 aliphatic carbocycles. The normalized spacial score (nSPS) is 11.5. The van der Waals surface area contributed by atoms with Gasteiger partial charge in [0, 0.05) is 12.7 Å². The summed E-state index contributed by atoms with van der Waals surface area (Å²) in [7, 11) is 0.774. The largest absolute Gasteiger partial charge is 0.478 e. The average molecular weight is 294 g/mol. The summed E-state index contributed by atoms with van der Waals surface area (Å²) in [4.78, 5) is 22.5. The molecule has 5 nitrogen and oxygen atoms in total. The van der Waals surface area contributed by atoms with Crippen LogP contribution in [0, 0.1) is 0 Å². The number of anilines is 2. The lowest BCUT2D eigenvalue weighted by molar-refractivity contribution is -0.166. The molecular formula is C11H10F4N2O3. The van der Waals surface area contributed by atoms with Gasteiger partial charge in [-0.3, -0.25) is 4.79 Å². The highest BCUT2D eigenvalue weighted by Gasteiger charge is 2.51. The maximum atomic E-state index is 13.0. The van der Waals surface area contributed by atoms with Crippen LogP contribution in [0.4, 0.5) is 28.9 Å². The van der Waals surface area contributed by atoms with Crippen LogP contribution in [0.5, 0.6) is 0 Å². The van der Waals surface area contributed by atoms with Gasteiger partial charge in [0.2, 0.25) is 0 Å². The molecule has 1 amide bonds. The van der Waals surface area contributed by atoms with Gasteiger partial charge in [-0.25, -0.2) is 13.6 Å². The first-order valence-corrected chi connectivity index (χ1v) is 5.16. The van der Waals surface area contributed by atoms with Crippen molar-refractivity contribution in [2.24, 2.45) is 0 Å². The van der Waals surface area contributed by atoms with Crippen molar-refractivity contribution in [3.05, 3.63) is 23.8 Å². The van der Waals surface area contributed by atoms with Gasteiger partial charge in [0.15, 0.2) is 0 Å².